The molecular weight excluding hydrogens is 410 g/mol. The zero-order chi connectivity index (χ0) is 22.1. The van der Waals surface area contributed by atoms with Crippen molar-refractivity contribution in [2.24, 2.45) is 0 Å². The van der Waals surface area contributed by atoms with Crippen molar-refractivity contribution in [3.63, 3.8) is 0 Å². The number of carbonyl (C=O) groups is 2. The highest BCUT2D eigenvalue weighted by Gasteiger charge is 2.22. The lowest BCUT2D eigenvalue weighted by atomic mass is 10.1. The average molecular weight is 438 g/mol. The number of anilines is 1. The van der Waals surface area contributed by atoms with Gasteiger partial charge in [0.05, 0.1) is 26.6 Å². The van der Waals surface area contributed by atoms with E-state index in [1.807, 2.05) is 18.2 Å². The minimum absolute atomic E-state index is 0.0552. The standard InChI is InChI=1S/C19H27N5O5S/c1-5-29-16(25)11-30-19-23-22-18(20)24(19)12(2)17(26)21-9-8-13-6-7-14(27-3)15(10-13)28-4/h6-7,10,12H,5,8-9,11H2,1-4H3,(H2,20,22)(H,21,26). The van der Waals surface area contributed by atoms with Crippen LogP contribution in [0.1, 0.15) is 25.5 Å². The molecule has 1 heterocycles. The van der Waals surface area contributed by atoms with E-state index in [1.165, 1.54) is 4.57 Å². The maximum Gasteiger partial charge on any atom is 0.316 e. The summed E-state index contributed by atoms with van der Waals surface area (Å²) in [6.07, 6.45) is 0.612. The van der Waals surface area contributed by atoms with Crippen LogP contribution in [0.5, 0.6) is 11.5 Å². The molecule has 2 rings (SSSR count). The average Bonchev–Trinajstić information content (AvgIpc) is 3.11. The Hall–Kier alpha value is -2.95. The van der Waals surface area contributed by atoms with Gasteiger partial charge in [0.1, 0.15) is 6.04 Å². The molecular formula is C19H27N5O5S. The number of aromatic nitrogens is 3. The van der Waals surface area contributed by atoms with Crippen molar-refractivity contribution in [3.05, 3.63) is 23.8 Å². The summed E-state index contributed by atoms with van der Waals surface area (Å²) in [7, 11) is 3.15. The van der Waals surface area contributed by atoms with E-state index in [0.717, 1.165) is 17.3 Å². The van der Waals surface area contributed by atoms with Crippen LogP contribution in [0.25, 0.3) is 0 Å². The first-order valence-electron chi connectivity index (χ1n) is 9.38. The molecule has 0 bridgehead atoms. The minimum atomic E-state index is -0.643. The number of hydrogen-bond donors (Lipinski definition) is 2. The fraction of sp³-hybridized carbons (Fsp3) is 0.474. The van der Waals surface area contributed by atoms with Crippen molar-refractivity contribution >= 4 is 29.6 Å². The second-order valence-electron chi connectivity index (χ2n) is 6.21. The van der Waals surface area contributed by atoms with Gasteiger partial charge < -0.3 is 25.3 Å². The molecule has 3 N–H and O–H groups in total. The summed E-state index contributed by atoms with van der Waals surface area (Å²) < 4.78 is 16.9. The third kappa shape index (κ3) is 6.02. The van der Waals surface area contributed by atoms with Crippen LogP contribution in [0, 0.1) is 0 Å². The number of hydrogen-bond acceptors (Lipinski definition) is 9. The number of benzene rings is 1. The highest BCUT2D eigenvalue weighted by molar-refractivity contribution is 7.99. The summed E-state index contributed by atoms with van der Waals surface area (Å²) >= 11 is 1.12. The predicted molar refractivity (Wildman–Crippen MR) is 113 cm³/mol. The van der Waals surface area contributed by atoms with E-state index >= 15 is 0 Å². The fourth-order valence-electron chi connectivity index (χ4n) is 2.71. The molecule has 11 heteroatoms. The topological polar surface area (TPSA) is 131 Å². The van der Waals surface area contributed by atoms with Crippen molar-refractivity contribution in [2.45, 2.75) is 31.5 Å². The summed E-state index contributed by atoms with van der Waals surface area (Å²) in [6.45, 7) is 4.15. The van der Waals surface area contributed by atoms with Gasteiger partial charge in [0.15, 0.2) is 16.7 Å². The van der Waals surface area contributed by atoms with Gasteiger partial charge in [-0.15, -0.1) is 10.2 Å². The highest BCUT2D eigenvalue weighted by Crippen LogP contribution is 2.27. The molecule has 0 spiro atoms. The lowest BCUT2D eigenvalue weighted by molar-refractivity contribution is -0.139. The van der Waals surface area contributed by atoms with Crippen LogP contribution in [-0.4, -0.2) is 59.8 Å². The number of methoxy groups -OCH3 is 2. The first-order chi connectivity index (χ1) is 14.4. The zero-order valence-corrected chi connectivity index (χ0v) is 18.3. The van der Waals surface area contributed by atoms with E-state index in [-0.39, 0.29) is 23.6 Å². The SMILES string of the molecule is CCOC(=O)CSc1nnc(N)n1C(C)C(=O)NCCc1ccc(OC)c(OC)c1. The van der Waals surface area contributed by atoms with E-state index in [2.05, 4.69) is 15.5 Å². The maximum atomic E-state index is 12.6. The number of rotatable bonds is 11. The first kappa shape index (κ1) is 23.3. The van der Waals surface area contributed by atoms with Crippen LogP contribution in [0.15, 0.2) is 23.4 Å². The molecule has 2 aromatic rings. The van der Waals surface area contributed by atoms with Crippen molar-refractivity contribution in [1.82, 2.24) is 20.1 Å². The number of nitrogens with zero attached hydrogens (tertiary/aromatic N) is 3. The number of ether oxygens (including phenoxy) is 3. The van der Waals surface area contributed by atoms with Crippen LogP contribution in [0.2, 0.25) is 0 Å². The molecule has 30 heavy (non-hydrogen) atoms. The number of nitrogens with one attached hydrogen (secondary N) is 1. The largest absolute Gasteiger partial charge is 0.493 e. The maximum absolute atomic E-state index is 12.6. The van der Waals surface area contributed by atoms with Crippen LogP contribution < -0.4 is 20.5 Å². The summed E-state index contributed by atoms with van der Waals surface area (Å²) in [5, 5.41) is 11.0. The van der Waals surface area contributed by atoms with Gasteiger partial charge >= 0.3 is 5.97 Å². The van der Waals surface area contributed by atoms with E-state index in [9.17, 15) is 9.59 Å². The van der Waals surface area contributed by atoms with Gasteiger partial charge in [0.2, 0.25) is 11.9 Å². The molecule has 10 nitrogen and oxygen atoms in total. The van der Waals surface area contributed by atoms with E-state index < -0.39 is 6.04 Å². The van der Waals surface area contributed by atoms with Crippen molar-refractivity contribution in [2.75, 3.05) is 38.9 Å². The Bertz CT molecular complexity index is 873. The number of nitrogen functional groups attached to an aromatic ring is 1. The molecule has 0 radical (unpaired) electrons. The van der Waals surface area contributed by atoms with Crippen LogP contribution in [0.3, 0.4) is 0 Å². The lowest BCUT2D eigenvalue weighted by Crippen LogP contribution is -2.33. The van der Waals surface area contributed by atoms with Gasteiger partial charge in [0.25, 0.3) is 0 Å². The van der Waals surface area contributed by atoms with Crippen molar-refractivity contribution in [1.29, 1.82) is 0 Å². The molecule has 1 amide bonds. The number of nitrogens with two attached hydrogens (primary N) is 1. The molecule has 0 fully saturated rings. The van der Waals surface area contributed by atoms with E-state index in [4.69, 9.17) is 19.9 Å². The Morgan fingerprint density at radius 3 is 2.63 bits per heavy atom. The number of esters is 1. The van der Waals surface area contributed by atoms with Gasteiger partial charge in [-0.3, -0.25) is 14.2 Å². The molecule has 0 aliphatic rings. The summed E-state index contributed by atoms with van der Waals surface area (Å²) in [5.41, 5.74) is 6.87. The fourth-order valence-corrected chi connectivity index (χ4v) is 3.53. The van der Waals surface area contributed by atoms with Crippen molar-refractivity contribution in [3.8, 4) is 11.5 Å². The number of thioether (sulfide) groups is 1. The van der Waals surface area contributed by atoms with E-state index in [1.54, 1.807) is 28.1 Å². The normalized spacial score (nSPS) is 11.6. The van der Waals surface area contributed by atoms with Crippen molar-refractivity contribution < 1.29 is 23.8 Å². The molecule has 0 saturated carbocycles. The Morgan fingerprint density at radius 2 is 1.97 bits per heavy atom. The van der Waals surface area contributed by atoms with Gasteiger partial charge in [-0.25, -0.2) is 0 Å². The van der Waals surface area contributed by atoms with Crippen LogP contribution >= 0.6 is 11.8 Å². The lowest BCUT2D eigenvalue weighted by Gasteiger charge is -2.16. The number of amides is 1. The van der Waals surface area contributed by atoms with Gasteiger partial charge in [-0.05, 0) is 38.0 Å². The molecule has 0 saturated heterocycles. The molecule has 0 aliphatic carbocycles. The number of carbonyl (C=O) groups excluding carboxylic acids is 2. The summed E-state index contributed by atoms with van der Waals surface area (Å²) in [4.78, 5) is 24.2. The molecule has 1 aromatic heterocycles. The van der Waals surface area contributed by atoms with E-state index in [0.29, 0.717) is 36.2 Å². The quantitative estimate of drug-likeness (QED) is 0.396. The van der Waals surface area contributed by atoms with Gasteiger partial charge in [-0.1, -0.05) is 17.8 Å². The Labute approximate surface area is 179 Å². The molecule has 0 aliphatic heterocycles. The third-order valence-corrected chi connectivity index (χ3v) is 5.16. The molecule has 164 valence electrons. The Kier molecular flexibility index (Phi) is 8.78. The molecule has 1 unspecified atom stereocenters. The predicted octanol–water partition coefficient (Wildman–Crippen LogP) is 1.45. The monoisotopic (exact) mass is 437 g/mol. The Morgan fingerprint density at radius 1 is 1.23 bits per heavy atom. The minimum Gasteiger partial charge on any atom is -0.493 e. The van der Waals surface area contributed by atoms with Crippen LogP contribution in [-0.2, 0) is 20.7 Å². The summed E-state index contributed by atoms with van der Waals surface area (Å²) in [6, 6.07) is 4.97. The summed E-state index contributed by atoms with van der Waals surface area (Å²) in [5.74, 6) is 0.830. The second-order valence-corrected chi connectivity index (χ2v) is 7.15. The first-order valence-corrected chi connectivity index (χ1v) is 10.4. The van der Waals surface area contributed by atoms with Gasteiger partial charge in [-0.2, -0.15) is 0 Å². The third-order valence-electron chi connectivity index (χ3n) is 4.24. The zero-order valence-electron chi connectivity index (χ0n) is 17.5. The van der Waals surface area contributed by atoms with Gasteiger partial charge in [0, 0.05) is 6.54 Å². The second kappa shape index (κ2) is 11.3. The molecule has 1 aromatic carbocycles. The smallest absolute Gasteiger partial charge is 0.316 e. The highest BCUT2D eigenvalue weighted by atomic mass is 32.2. The van der Waals surface area contributed by atoms with Crippen LogP contribution in [0.4, 0.5) is 5.95 Å². The Balaban J connectivity index is 1.95. The molecule has 1 atom stereocenters.